The van der Waals surface area contributed by atoms with Crippen LogP contribution < -0.4 is 10.2 Å². The molecule has 1 unspecified atom stereocenters. The van der Waals surface area contributed by atoms with Gasteiger partial charge in [0, 0.05) is 12.7 Å². The standard InChI is InChI=1S/C12H16ClN2O2P/c1-9(2)15-12(16)14(8-13)10-6-4-5-7-11(10)18(15,3)17/h4-7,9H,8H2,1-3H3. The van der Waals surface area contributed by atoms with E-state index in [0.29, 0.717) is 11.0 Å². The molecule has 18 heavy (non-hydrogen) atoms. The molecule has 2 rings (SSSR count). The van der Waals surface area contributed by atoms with E-state index in [-0.39, 0.29) is 18.1 Å². The molecule has 1 aliphatic rings. The lowest BCUT2D eigenvalue weighted by atomic mass is 10.3. The van der Waals surface area contributed by atoms with E-state index < -0.39 is 7.29 Å². The van der Waals surface area contributed by atoms with E-state index in [2.05, 4.69) is 0 Å². The van der Waals surface area contributed by atoms with Crippen LogP contribution in [0.2, 0.25) is 0 Å². The number of benzene rings is 1. The zero-order valence-corrected chi connectivity index (χ0v) is 12.3. The molecule has 0 bridgehead atoms. The molecule has 1 atom stereocenters. The van der Waals surface area contributed by atoms with Gasteiger partial charge in [0.05, 0.1) is 11.0 Å². The van der Waals surface area contributed by atoms with Gasteiger partial charge in [-0.25, -0.2) is 4.79 Å². The van der Waals surface area contributed by atoms with Crippen molar-refractivity contribution >= 4 is 35.9 Å². The number of hydrogen-bond donors (Lipinski definition) is 0. The molecule has 0 radical (unpaired) electrons. The van der Waals surface area contributed by atoms with Crippen molar-refractivity contribution in [2.45, 2.75) is 19.9 Å². The maximum absolute atomic E-state index is 12.9. The maximum atomic E-state index is 12.9. The first kappa shape index (κ1) is 13.4. The first-order chi connectivity index (χ1) is 8.41. The normalized spacial score (nSPS) is 23.5. The van der Waals surface area contributed by atoms with Gasteiger partial charge in [-0.05, 0) is 26.0 Å². The van der Waals surface area contributed by atoms with Gasteiger partial charge in [0.2, 0.25) is 7.29 Å². The Kier molecular flexibility index (Phi) is 3.43. The van der Waals surface area contributed by atoms with Gasteiger partial charge in [-0.15, -0.1) is 11.6 Å². The van der Waals surface area contributed by atoms with Crippen molar-refractivity contribution in [3.8, 4) is 0 Å². The minimum atomic E-state index is -2.87. The summed E-state index contributed by atoms with van der Waals surface area (Å²) in [6.07, 6.45) is 0. The van der Waals surface area contributed by atoms with Crippen LogP contribution in [0.15, 0.2) is 24.3 Å². The van der Waals surface area contributed by atoms with Crippen LogP contribution >= 0.6 is 18.9 Å². The Hall–Kier alpha value is -0.990. The molecule has 0 N–H and O–H groups in total. The lowest BCUT2D eigenvalue weighted by molar-refractivity contribution is 0.223. The number of amides is 2. The summed E-state index contributed by atoms with van der Waals surface area (Å²) < 4.78 is 14.4. The summed E-state index contributed by atoms with van der Waals surface area (Å²) in [6.45, 7) is 5.35. The van der Waals surface area contributed by atoms with Crippen LogP contribution in [0.4, 0.5) is 10.5 Å². The highest BCUT2D eigenvalue weighted by Crippen LogP contribution is 2.52. The van der Waals surface area contributed by atoms with Gasteiger partial charge in [-0.1, -0.05) is 12.1 Å². The highest BCUT2D eigenvalue weighted by atomic mass is 35.5. The fraction of sp³-hybridized carbons (Fsp3) is 0.417. The number of rotatable bonds is 2. The van der Waals surface area contributed by atoms with Crippen LogP contribution in [0.3, 0.4) is 0 Å². The number of carbonyl (C=O) groups is 1. The van der Waals surface area contributed by atoms with Crippen LogP contribution in [0.5, 0.6) is 0 Å². The number of carbonyl (C=O) groups excluding carboxylic acids is 1. The smallest absolute Gasteiger partial charge is 0.295 e. The number of fused-ring (bicyclic) bond motifs is 1. The van der Waals surface area contributed by atoms with Gasteiger partial charge in [0.25, 0.3) is 0 Å². The summed E-state index contributed by atoms with van der Waals surface area (Å²) in [6, 6.07) is 6.86. The summed E-state index contributed by atoms with van der Waals surface area (Å²) in [7, 11) is -2.87. The molecule has 1 aliphatic heterocycles. The minimum Gasteiger partial charge on any atom is -0.295 e. The molecule has 2 amide bonds. The Balaban J connectivity index is 2.68. The summed E-state index contributed by atoms with van der Waals surface area (Å²) in [5.41, 5.74) is 0.653. The number of para-hydroxylation sites is 1. The van der Waals surface area contributed by atoms with Crippen molar-refractivity contribution in [3.63, 3.8) is 0 Å². The van der Waals surface area contributed by atoms with Gasteiger partial charge in [0.1, 0.15) is 6.00 Å². The van der Waals surface area contributed by atoms with Gasteiger partial charge in [-0.2, -0.15) is 0 Å². The molecule has 0 saturated heterocycles. The predicted octanol–water partition coefficient (Wildman–Crippen LogP) is 3.07. The first-order valence-electron chi connectivity index (χ1n) is 5.75. The largest absolute Gasteiger partial charge is 0.331 e. The van der Waals surface area contributed by atoms with E-state index >= 15 is 0 Å². The molecule has 98 valence electrons. The second-order valence-corrected chi connectivity index (χ2v) is 7.55. The SMILES string of the molecule is CC(C)N1C(=O)N(CCl)c2ccccc2P1(C)=O. The molecule has 0 saturated carbocycles. The molecule has 6 heteroatoms. The average Bonchev–Trinajstić information content (AvgIpc) is 2.28. The molecule has 0 aromatic heterocycles. The summed E-state index contributed by atoms with van der Waals surface area (Å²) in [4.78, 5) is 13.8. The zero-order valence-electron chi connectivity index (χ0n) is 10.6. The van der Waals surface area contributed by atoms with E-state index in [1.54, 1.807) is 18.8 Å². The lowest BCUT2D eigenvalue weighted by Crippen LogP contribution is -2.51. The molecule has 0 spiro atoms. The Morgan fingerprint density at radius 2 is 1.94 bits per heavy atom. The lowest BCUT2D eigenvalue weighted by Gasteiger charge is -2.42. The number of nitrogens with zero attached hydrogens (tertiary/aromatic N) is 2. The molecule has 1 aromatic rings. The number of urea groups is 1. The Labute approximate surface area is 112 Å². The van der Waals surface area contributed by atoms with Crippen LogP contribution in [0, 0.1) is 0 Å². The monoisotopic (exact) mass is 286 g/mol. The molecule has 0 fully saturated rings. The zero-order chi connectivity index (χ0) is 13.5. The van der Waals surface area contributed by atoms with Crippen molar-refractivity contribution in [3.05, 3.63) is 24.3 Å². The van der Waals surface area contributed by atoms with Crippen molar-refractivity contribution in [2.24, 2.45) is 0 Å². The van der Waals surface area contributed by atoms with Gasteiger partial charge < -0.3 is 0 Å². The van der Waals surface area contributed by atoms with E-state index in [1.165, 1.54) is 9.57 Å². The average molecular weight is 287 g/mol. The molecule has 1 aromatic carbocycles. The minimum absolute atomic E-state index is 0.0546. The number of anilines is 1. The summed E-state index contributed by atoms with van der Waals surface area (Å²) >= 11 is 5.85. The third-order valence-electron chi connectivity index (χ3n) is 3.07. The summed E-state index contributed by atoms with van der Waals surface area (Å²) in [5, 5.41) is 0.693. The third-order valence-corrected chi connectivity index (χ3v) is 6.03. The molecule has 4 nitrogen and oxygen atoms in total. The van der Waals surface area contributed by atoms with Crippen LogP contribution in [0.1, 0.15) is 13.8 Å². The second-order valence-electron chi connectivity index (χ2n) is 4.64. The number of alkyl halides is 1. The van der Waals surface area contributed by atoms with Crippen molar-refractivity contribution in [1.29, 1.82) is 0 Å². The van der Waals surface area contributed by atoms with E-state index in [4.69, 9.17) is 11.6 Å². The van der Waals surface area contributed by atoms with E-state index in [9.17, 15) is 9.36 Å². The van der Waals surface area contributed by atoms with Gasteiger partial charge >= 0.3 is 6.03 Å². The predicted molar refractivity (Wildman–Crippen MR) is 75.2 cm³/mol. The van der Waals surface area contributed by atoms with Crippen molar-refractivity contribution < 1.29 is 9.36 Å². The van der Waals surface area contributed by atoms with Crippen molar-refractivity contribution in [1.82, 2.24) is 4.67 Å². The maximum Gasteiger partial charge on any atom is 0.331 e. The van der Waals surface area contributed by atoms with Crippen LogP contribution in [-0.2, 0) is 4.57 Å². The molecular weight excluding hydrogens is 271 g/mol. The molecule has 0 aliphatic carbocycles. The van der Waals surface area contributed by atoms with Gasteiger partial charge in [0.15, 0.2) is 0 Å². The summed E-state index contributed by atoms with van der Waals surface area (Å²) in [5.74, 6) is 0. The first-order valence-corrected chi connectivity index (χ1v) is 8.39. The fourth-order valence-corrected chi connectivity index (χ4v) is 5.09. The van der Waals surface area contributed by atoms with E-state index in [0.717, 1.165) is 0 Å². The van der Waals surface area contributed by atoms with Crippen molar-refractivity contribution in [2.75, 3.05) is 17.6 Å². The van der Waals surface area contributed by atoms with Gasteiger partial charge in [-0.3, -0.25) is 14.1 Å². The third kappa shape index (κ3) is 1.84. The second kappa shape index (κ2) is 4.60. The molecular formula is C12H16ClN2O2P. The Morgan fingerprint density at radius 3 is 2.50 bits per heavy atom. The van der Waals surface area contributed by atoms with E-state index in [1.807, 2.05) is 26.0 Å². The highest BCUT2D eigenvalue weighted by Gasteiger charge is 2.43. The number of halogens is 1. The number of hydrogen-bond acceptors (Lipinski definition) is 2. The quantitative estimate of drug-likeness (QED) is 0.476. The van der Waals surface area contributed by atoms with Crippen LogP contribution in [-0.4, -0.2) is 29.4 Å². The Bertz CT molecular complexity index is 533. The topological polar surface area (TPSA) is 40.6 Å². The highest BCUT2D eigenvalue weighted by molar-refractivity contribution is 7.69. The van der Waals surface area contributed by atoms with Crippen LogP contribution in [0.25, 0.3) is 0 Å². The molecule has 1 heterocycles. The fourth-order valence-electron chi connectivity index (χ4n) is 2.33. The Morgan fingerprint density at radius 1 is 1.33 bits per heavy atom.